The van der Waals surface area contributed by atoms with Crippen LogP contribution in [0.15, 0.2) is 24.3 Å². The molecule has 1 atom stereocenters. The molecule has 0 fully saturated rings. The maximum Gasteiger partial charge on any atom is 0.573 e. The zero-order valence-electron chi connectivity index (χ0n) is 14.0. The number of ether oxygens (including phenoxy) is 2. The second-order valence-corrected chi connectivity index (χ2v) is 6.28. The largest absolute Gasteiger partial charge is 0.573 e. The quantitative estimate of drug-likeness (QED) is 0.810. The predicted molar refractivity (Wildman–Crippen MR) is 82.2 cm³/mol. The van der Waals surface area contributed by atoms with Crippen LogP contribution in [-0.2, 0) is 16.0 Å². The Labute approximate surface area is 142 Å². The minimum Gasteiger partial charge on any atom is -0.481 e. The molecule has 1 unspecified atom stereocenters. The standard InChI is InChI=1S/C16H20F3NO5/c1-15(2,3)25-14(23)20-9-11(13(21)22)8-10-6-4-5-7-12(10)24-16(17,18)19/h4-7,11H,8-9H2,1-3H3,(H,20,23)(H,21,22). The predicted octanol–water partition coefficient (Wildman–Crippen LogP) is 3.35. The van der Waals surface area contributed by atoms with Gasteiger partial charge in [-0.1, -0.05) is 18.2 Å². The summed E-state index contributed by atoms with van der Waals surface area (Å²) in [7, 11) is 0. The monoisotopic (exact) mass is 363 g/mol. The number of aliphatic carboxylic acids is 1. The maximum absolute atomic E-state index is 12.4. The molecule has 1 aromatic carbocycles. The molecular formula is C16H20F3NO5. The van der Waals surface area contributed by atoms with Gasteiger partial charge in [-0.25, -0.2) is 4.79 Å². The Kier molecular flexibility index (Phi) is 6.66. The third-order valence-electron chi connectivity index (χ3n) is 2.91. The lowest BCUT2D eigenvalue weighted by Crippen LogP contribution is -2.37. The highest BCUT2D eigenvalue weighted by molar-refractivity contribution is 5.73. The molecule has 1 amide bonds. The van der Waals surface area contributed by atoms with Crippen molar-refractivity contribution >= 4 is 12.1 Å². The van der Waals surface area contributed by atoms with Gasteiger partial charge < -0.3 is 19.9 Å². The van der Waals surface area contributed by atoms with E-state index in [-0.39, 0.29) is 18.5 Å². The molecule has 0 radical (unpaired) electrons. The van der Waals surface area contributed by atoms with Crippen molar-refractivity contribution in [2.75, 3.05) is 6.54 Å². The molecule has 0 aliphatic heterocycles. The molecule has 0 spiro atoms. The summed E-state index contributed by atoms with van der Waals surface area (Å²) in [6.45, 7) is 4.63. The molecule has 0 heterocycles. The van der Waals surface area contributed by atoms with Crippen LogP contribution >= 0.6 is 0 Å². The van der Waals surface area contributed by atoms with Crippen molar-refractivity contribution in [1.82, 2.24) is 5.32 Å². The van der Waals surface area contributed by atoms with Gasteiger partial charge in [0.1, 0.15) is 11.4 Å². The number of carboxylic acid groups (broad SMARTS) is 1. The Bertz CT molecular complexity index is 611. The number of benzene rings is 1. The average Bonchev–Trinajstić information content (AvgIpc) is 2.41. The minimum absolute atomic E-state index is 0.0678. The van der Waals surface area contributed by atoms with E-state index in [9.17, 15) is 27.9 Å². The van der Waals surface area contributed by atoms with Crippen molar-refractivity contribution in [2.45, 2.75) is 39.2 Å². The molecule has 2 N–H and O–H groups in total. The van der Waals surface area contributed by atoms with Gasteiger partial charge in [0.2, 0.25) is 0 Å². The van der Waals surface area contributed by atoms with Crippen LogP contribution in [0.3, 0.4) is 0 Å². The van der Waals surface area contributed by atoms with Crippen LogP contribution in [-0.4, -0.2) is 35.7 Å². The van der Waals surface area contributed by atoms with Crippen LogP contribution in [0.5, 0.6) is 5.75 Å². The van der Waals surface area contributed by atoms with Crippen molar-refractivity contribution in [3.8, 4) is 5.75 Å². The van der Waals surface area contributed by atoms with Crippen molar-refractivity contribution in [3.05, 3.63) is 29.8 Å². The molecule has 140 valence electrons. The summed E-state index contributed by atoms with van der Waals surface area (Å²) in [4.78, 5) is 22.9. The summed E-state index contributed by atoms with van der Waals surface area (Å²) in [5, 5.41) is 11.6. The highest BCUT2D eigenvalue weighted by atomic mass is 19.4. The number of amides is 1. The molecule has 9 heteroatoms. The smallest absolute Gasteiger partial charge is 0.481 e. The number of carboxylic acids is 1. The Morgan fingerprint density at radius 3 is 2.32 bits per heavy atom. The molecule has 0 bridgehead atoms. The topological polar surface area (TPSA) is 84.9 Å². The first-order valence-corrected chi connectivity index (χ1v) is 7.40. The number of nitrogens with one attached hydrogen (secondary N) is 1. The van der Waals surface area contributed by atoms with Crippen molar-refractivity contribution in [3.63, 3.8) is 0 Å². The molecule has 1 rings (SSSR count). The Morgan fingerprint density at radius 1 is 1.20 bits per heavy atom. The maximum atomic E-state index is 12.4. The van der Waals surface area contributed by atoms with Gasteiger partial charge in [-0.15, -0.1) is 13.2 Å². The van der Waals surface area contributed by atoms with Crippen LogP contribution in [0, 0.1) is 5.92 Å². The van der Waals surface area contributed by atoms with E-state index in [0.717, 1.165) is 6.07 Å². The van der Waals surface area contributed by atoms with E-state index in [0.29, 0.717) is 0 Å². The van der Waals surface area contributed by atoms with Gasteiger partial charge in [0.05, 0.1) is 5.92 Å². The molecule has 6 nitrogen and oxygen atoms in total. The second kappa shape index (κ2) is 8.09. The van der Waals surface area contributed by atoms with E-state index in [4.69, 9.17) is 4.74 Å². The molecule has 25 heavy (non-hydrogen) atoms. The van der Waals surface area contributed by atoms with Crippen molar-refractivity contribution in [2.24, 2.45) is 5.92 Å². The minimum atomic E-state index is -4.89. The first kappa shape index (κ1) is 20.6. The van der Waals surface area contributed by atoms with Crippen LogP contribution in [0.1, 0.15) is 26.3 Å². The number of rotatable bonds is 6. The van der Waals surface area contributed by atoms with Gasteiger partial charge in [0.25, 0.3) is 0 Å². The number of alkyl carbamates (subject to hydrolysis) is 1. The summed E-state index contributed by atoms with van der Waals surface area (Å²) in [5.74, 6) is -2.89. The van der Waals surface area contributed by atoms with Gasteiger partial charge in [-0.05, 0) is 38.8 Å². The summed E-state index contributed by atoms with van der Waals surface area (Å²) in [5.41, 5.74) is -0.686. The lowest BCUT2D eigenvalue weighted by Gasteiger charge is -2.21. The summed E-state index contributed by atoms with van der Waals surface area (Å²) in [6, 6.07) is 5.26. The lowest BCUT2D eigenvalue weighted by atomic mass is 9.98. The fraction of sp³-hybridized carbons (Fsp3) is 0.500. The molecule has 0 aromatic heterocycles. The SMILES string of the molecule is CC(C)(C)OC(=O)NCC(Cc1ccccc1OC(F)(F)F)C(=O)O. The number of carbonyl (C=O) groups is 2. The molecule has 0 aliphatic carbocycles. The van der Waals surface area contributed by atoms with E-state index < -0.39 is 35.7 Å². The highest BCUT2D eigenvalue weighted by Gasteiger charge is 2.32. The highest BCUT2D eigenvalue weighted by Crippen LogP contribution is 2.28. The third-order valence-corrected chi connectivity index (χ3v) is 2.91. The Balaban J connectivity index is 2.79. The van der Waals surface area contributed by atoms with Crippen LogP contribution < -0.4 is 10.1 Å². The number of hydrogen-bond donors (Lipinski definition) is 2. The van der Waals surface area contributed by atoms with Gasteiger partial charge in [-0.3, -0.25) is 4.79 Å². The summed E-state index contributed by atoms with van der Waals surface area (Å²) in [6.07, 6.45) is -5.94. The lowest BCUT2D eigenvalue weighted by molar-refractivity contribution is -0.274. The van der Waals surface area contributed by atoms with Crippen molar-refractivity contribution < 1.29 is 37.3 Å². The van der Waals surface area contributed by atoms with E-state index in [1.54, 1.807) is 20.8 Å². The van der Waals surface area contributed by atoms with Gasteiger partial charge in [-0.2, -0.15) is 0 Å². The number of para-hydroxylation sites is 1. The summed E-state index contributed by atoms with van der Waals surface area (Å²) >= 11 is 0. The Morgan fingerprint density at radius 2 is 1.80 bits per heavy atom. The Hall–Kier alpha value is -2.45. The zero-order valence-corrected chi connectivity index (χ0v) is 14.0. The molecule has 1 aromatic rings. The van der Waals surface area contributed by atoms with Gasteiger partial charge >= 0.3 is 18.4 Å². The van der Waals surface area contributed by atoms with E-state index in [1.165, 1.54) is 18.2 Å². The fourth-order valence-electron chi connectivity index (χ4n) is 1.93. The van der Waals surface area contributed by atoms with E-state index >= 15 is 0 Å². The van der Waals surface area contributed by atoms with Crippen molar-refractivity contribution in [1.29, 1.82) is 0 Å². The molecule has 0 saturated carbocycles. The van der Waals surface area contributed by atoms with Crippen LogP contribution in [0.2, 0.25) is 0 Å². The molecular weight excluding hydrogens is 343 g/mol. The molecule has 0 aliphatic rings. The van der Waals surface area contributed by atoms with Crippen LogP contribution in [0.25, 0.3) is 0 Å². The zero-order chi connectivity index (χ0) is 19.3. The number of hydrogen-bond acceptors (Lipinski definition) is 4. The normalized spacial score (nSPS) is 13.0. The van der Waals surface area contributed by atoms with Gasteiger partial charge in [0.15, 0.2) is 0 Å². The average molecular weight is 363 g/mol. The first-order chi connectivity index (χ1) is 11.4. The first-order valence-electron chi connectivity index (χ1n) is 7.40. The number of halogens is 3. The van der Waals surface area contributed by atoms with E-state index in [2.05, 4.69) is 10.1 Å². The third kappa shape index (κ3) is 8.27. The van der Waals surface area contributed by atoms with Crippen LogP contribution in [0.4, 0.5) is 18.0 Å². The number of alkyl halides is 3. The number of carbonyl (C=O) groups excluding carboxylic acids is 1. The van der Waals surface area contributed by atoms with E-state index in [1.807, 2.05) is 0 Å². The molecule has 0 saturated heterocycles. The summed E-state index contributed by atoms with van der Waals surface area (Å²) < 4.78 is 46.1. The second-order valence-electron chi connectivity index (χ2n) is 6.28. The van der Waals surface area contributed by atoms with Gasteiger partial charge in [0, 0.05) is 6.54 Å². The fourth-order valence-corrected chi connectivity index (χ4v) is 1.93.